The zero-order valence-corrected chi connectivity index (χ0v) is 19.5. The molecule has 3 aromatic heterocycles. The maximum absolute atomic E-state index is 13.2. The van der Waals surface area contributed by atoms with Gasteiger partial charge in [0.15, 0.2) is 21.3 Å². The number of rotatable bonds is 5. The fourth-order valence-corrected chi connectivity index (χ4v) is 5.17. The Kier molecular flexibility index (Phi) is 5.31. The molecule has 0 saturated heterocycles. The zero-order chi connectivity index (χ0) is 25.1. The number of pyridine rings is 2. The van der Waals surface area contributed by atoms with Gasteiger partial charge in [0.2, 0.25) is 5.91 Å². The van der Waals surface area contributed by atoms with Crippen LogP contribution in [0, 0.1) is 5.92 Å². The summed E-state index contributed by atoms with van der Waals surface area (Å²) in [5, 5.41) is 3.69. The Morgan fingerprint density at radius 3 is 2.57 bits per heavy atom. The molecule has 0 radical (unpaired) electrons. The lowest BCUT2D eigenvalue weighted by molar-refractivity contribution is -0.137. The van der Waals surface area contributed by atoms with E-state index in [0.717, 1.165) is 18.9 Å². The van der Waals surface area contributed by atoms with Crippen LogP contribution in [0.4, 0.5) is 18.9 Å². The summed E-state index contributed by atoms with van der Waals surface area (Å²) in [5.41, 5.74) is -0.285. The molecule has 1 aromatic carbocycles. The highest BCUT2D eigenvalue weighted by Gasteiger charge is 2.33. The van der Waals surface area contributed by atoms with Gasteiger partial charge in [-0.05, 0) is 31.0 Å². The molecule has 5 rings (SSSR count). The molecule has 35 heavy (non-hydrogen) atoms. The van der Waals surface area contributed by atoms with Crippen LogP contribution in [0.1, 0.15) is 25.3 Å². The summed E-state index contributed by atoms with van der Waals surface area (Å²) in [7, 11) is -2.29. The van der Waals surface area contributed by atoms with Crippen LogP contribution in [0.2, 0.25) is 0 Å². The Morgan fingerprint density at radius 2 is 1.91 bits per heavy atom. The van der Waals surface area contributed by atoms with Crippen molar-refractivity contribution in [2.45, 2.75) is 30.8 Å². The van der Waals surface area contributed by atoms with Crippen LogP contribution in [0.5, 0.6) is 0 Å². The molecule has 1 N–H and O–H groups in total. The summed E-state index contributed by atoms with van der Waals surface area (Å²) in [6.45, 7) is 1.49. The number of alkyl halides is 3. The number of aromatic nitrogens is 4. The van der Waals surface area contributed by atoms with Crippen LogP contribution in [-0.4, -0.2) is 39.6 Å². The predicted octanol–water partition coefficient (Wildman–Crippen LogP) is 4.34. The number of imidazole rings is 1. The molecule has 0 unspecified atom stereocenters. The number of nitrogens with zero attached hydrogens (tertiary/aromatic N) is 4. The van der Waals surface area contributed by atoms with Crippen LogP contribution < -0.4 is 5.32 Å². The van der Waals surface area contributed by atoms with Crippen molar-refractivity contribution < 1.29 is 26.4 Å². The van der Waals surface area contributed by atoms with E-state index in [1.54, 1.807) is 18.2 Å². The third-order valence-corrected chi connectivity index (χ3v) is 7.79. The van der Waals surface area contributed by atoms with Crippen molar-refractivity contribution in [3.8, 4) is 11.5 Å². The number of sulfone groups is 1. The number of fused-ring (bicyclic) bond motifs is 2. The highest BCUT2D eigenvalue weighted by atomic mass is 32.2. The third-order valence-electron chi connectivity index (χ3n) is 6.00. The van der Waals surface area contributed by atoms with Crippen molar-refractivity contribution in [1.29, 1.82) is 0 Å². The van der Waals surface area contributed by atoms with Crippen molar-refractivity contribution >= 4 is 43.4 Å². The first-order chi connectivity index (χ1) is 16.5. The molecular formula is C23H20F3N5O3S. The molecule has 0 atom stereocenters. The van der Waals surface area contributed by atoms with Crippen LogP contribution in [0.25, 0.3) is 33.5 Å². The van der Waals surface area contributed by atoms with Crippen LogP contribution in [-0.2, 0) is 27.9 Å². The minimum atomic E-state index is -4.59. The Labute approximate surface area is 198 Å². The van der Waals surface area contributed by atoms with E-state index in [-0.39, 0.29) is 45.2 Å². The third kappa shape index (κ3) is 4.11. The molecule has 3 heterocycles. The quantitative estimate of drug-likeness (QED) is 0.434. The number of aryl methyl sites for hydroxylation is 1. The summed E-state index contributed by atoms with van der Waals surface area (Å²) >= 11 is 0. The Morgan fingerprint density at radius 1 is 1.17 bits per heavy atom. The summed E-state index contributed by atoms with van der Waals surface area (Å²) in [6, 6.07) is 5.73. The molecule has 1 fully saturated rings. The van der Waals surface area contributed by atoms with E-state index in [9.17, 15) is 26.4 Å². The zero-order valence-electron chi connectivity index (χ0n) is 18.7. The van der Waals surface area contributed by atoms with Gasteiger partial charge in [0.1, 0.15) is 16.1 Å². The molecule has 0 spiro atoms. The fraction of sp³-hybridized carbons (Fsp3) is 0.304. The van der Waals surface area contributed by atoms with E-state index in [4.69, 9.17) is 0 Å². The Bertz CT molecular complexity index is 1610. The topological polar surface area (TPSA) is 107 Å². The molecule has 1 aliphatic carbocycles. The highest BCUT2D eigenvalue weighted by Crippen LogP contribution is 2.36. The number of nitrogens with one attached hydrogen (secondary N) is 1. The fourth-order valence-electron chi connectivity index (χ4n) is 3.93. The minimum absolute atomic E-state index is 0.00578. The second-order valence-corrected chi connectivity index (χ2v) is 10.7. The van der Waals surface area contributed by atoms with Gasteiger partial charge in [-0.25, -0.2) is 18.4 Å². The van der Waals surface area contributed by atoms with E-state index >= 15 is 0 Å². The Balaban J connectivity index is 1.69. The molecular weight excluding hydrogens is 483 g/mol. The second kappa shape index (κ2) is 8.01. The maximum Gasteiger partial charge on any atom is 0.417 e. The molecule has 1 amide bonds. The monoisotopic (exact) mass is 503 g/mol. The highest BCUT2D eigenvalue weighted by molar-refractivity contribution is 7.91. The lowest BCUT2D eigenvalue weighted by Gasteiger charge is -2.13. The number of hydrogen-bond acceptors (Lipinski definition) is 6. The van der Waals surface area contributed by atoms with Gasteiger partial charge in [0.05, 0.1) is 11.3 Å². The van der Waals surface area contributed by atoms with Crippen LogP contribution in [0.3, 0.4) is 0 Å². The number of benzene rings is 1. The largest absolute Gasteiger partial charge is 0.417 e. The Hall–Kier alpha value is -3.54. The first kappa shape index (κ1) is 23.2. The maximum atomic E-state index is 13.2. The van der Waals surface area contributed by atoms with E-state index in [2.05, 4.69) is 20.3 Å². The second-order valence-electron chi connectivity index (χ2n) is 8.46. The van der Waals surface area contributed by atoms with Gasteiger partial charge in [-0.15, -0.1) is 0 Å². The van der Waals surface area contributed by atoms with Crippen LogP contribution >= 0.6 is 0 Å². The number of carbonyl (C=O) groups excluding carboxylic acids is 1. The first-order valence-electron chi connectivity index (χ1n) is 10.9. The summed E-state index contributed by atoms with van der Waals surface area (Å²) in [5.74, 6) is -0.222. The lowest BCUT2D eigenvalue weighted by atomic mass is 10.1. The molecule has 1 aliphatic rings. The van der Waals surface area contributed by atoms with Crippen LogP contribution in [0.15, 0.2) is 41.6 Å². The molecule has 4 aromatic rings. The first-order valence-corrected chi connectivity index (χ1v) is 12.5. The predicted molar refractivity (Wildman–Crippen MR) is 123 cm³/mol. The van der Waals surface area contributed by atoms with Crippen molar-refractivity contribution in [2.24, 2.45) is 13.0 Å². The molecule has 0 bridgehead atoms. The van der Waals surface area contributed by atoms with E-state index in [1.165, 1.54) is 24.7 Å². The standard InChI is InChI=1S/C23H20F3N5O3S/c1-3-35(33,34)19-16-7-6-15(29-22(32)12-4-5-12)8-13(16)10-27-18(19)21-30-17-9-14(23(24,25)26)11-28-20(17)31(21)2/h6-12H,3-5H2,1-2H3,(H,29,32). The average molecular weight is 504 g/mol. The van der Waals surface area contributed by atoms with E-state index in [0.29, 0.717) is 22.7 Å². The van der Waals surface area contributed by atoms with Gasteiger partial charge < -0.3 is 9.88 Å². The van der Waals surface area contributed by atoms with Crippen molar-refractivity contribution in [1.82, 2.24) is 19.5 Å². The van der Waals surface area contributed by atoms with Gasteiger partial charge in [-0.2, -0.15) is 13.2 Å². The number of hydrogen-bond donors (Lipinski definition) is 1. The summed E-state index contributed by atoms with van der Waals surface area (Å²) in [6.07, 6.45) is -0.729. The summed E-state index contributed by atoms with van der Waals surface area (Å²) in [4.78, 5) is 24.6. The molecule has 182 valence electrons. The van der Waals surface area contributed by atoms with Gasteiger partial charge >= 0.3 is 6.18 Å². The number of anilines is 1. The molecule has 0 aliphatic heterocycles. The molecule has 8 nitrogen and oxygen atoms in total. The average Bonchev–Trinajstić information content (AvgIpc) is 3.61. The lowest BCUT2D eigenvalue weighted by Crippen LogP contribution is -2.13. The van der Waals surface area contributed by atoms with Crippen molar-refractivity contribution in [3.63, 3.8) is 0 Å². The van der Waals surface area contributed by atoms with Gasteiger partial charge in [0.25, 0.3) is 0 Å². The SMILES string of the molecule is CCS(=O)(=O)c1c(-c2nc3cc(C(F)(F)F)cnc3n2C)ncc2cc(NC(=O)C3CC3)ccc12. The smallest absolute Gasteiger partial charge is 0.326 e. The minimum Gasteiger partial charge on any atom is -0.326 e. The summed E-state index contributed by atoms with van der Waals surface area (Å²) < 4.78 is 67.2. The normalized spacial score (nSPS) is 14.5. The van der Waals surface area contributed by atoms with E-state index < -0.39 is 21.6 Å². The number of amides is 1. The van der Waals surface area contributed by atoms with Gasteiger partial charge in [-0.1, -0.05) is 13.0 Å². The van der Waals surface area contributed by atoms with Crippen molar-refractivity contribution in [2.75, 3.05) is 11.1 Å². The number of halogens is 3. The van der Waals surface area contributed by atoms with Crippen molar-refractivity contribution in [3.05, 3.63) is 42.2 Å². The van der Waals surface area contributed by atoms with Gasteiger partial charge in [-0.3, -0.25) is 9.78 Å². The van der Waals surface area contributed by atoms with E-state index in [1.807, 2.05) is 0 Å². The molecule has 12 heteroatoms. The van der Waals surface area contributed by atoms with Gasteiger partial charge in [0, 0.05) is 41.8 Å². The number of carbonyl (C=O) groups is 1. The molecule has 1 saturated carbocycles.